The van der Waals surface area contributed by atoms with Gasteiger partial charge in [0.1, 0.15) is 6.10 Å². The SMILES string of the molecule is CO[C]1[CH][CH]C2(C=C(c3ccccn3)NN=C2c2ccccn2)C[CH]1.[C-]#[O+].[C-]#[O+].[C-]#[O+].[Fe]. The molecular weight excluding hydrogens is 452 g/mol. The van der Waals surface area contributed by atoms with E-state index in [4.69, 9.17) is 18.7 Å². The Morgan fingerprint density at radius 1 is 0.938 bits per heavy atom. The van der Waals surface area contributed by atoms with Gasteiger partial charge < -0.3 is 4.74 Å². The summed E-state index contributed by atoms with van der Waals surface area (Å²) in [5.41, 5.74) is 6.25. The van der Waals surface area contributed by atoms with Gasteiger partial charge in [-0.05, 0) is 49.6 Å². The van der Waals surface area contributed by atoms with Gasteiger partial charge in [0.2, 0.25) is 0 Å². The predicted octanol–water partition coefficient (Wildman–Crippen LogP) is 2.89. The van der Waals surface area contributed by atoms with Crippen molar-refractivity contribution in [1.82, 2.24) is 15.4 Å². The molecule has 8 nitrogen and oxygen atoms in total. The summed E-state index contributed by atoms with van der Waals surface area (Å²) in [6.45, 7) is 13.5. The van der Waals surface area contributed by atoms with Crippen molar-refractivity contribution >= 4 is 11.4 Å². The second kappa shape index (κ2) is 15.9. The number of hydrogen-bond donors (Lipinski definition) is 1. The molecule has 2 aromatic rings. The minimum Gasteiger partial charge on any atom is 0 e. The van der Waals surface area contributed by atoms with Gasteiger partial charge in [0.25, 0.3) is 0 Å². The van der Waals surface area contributed by atoms with Crippen LogP contribution in [0.5, 0.6) is 0 Å². The fraction of sp³-hybridized carbons (Fsp3) is 0.130. The number of nitrogens with zero attached hydrogens (tertiary/aromatic N) is 3. The third-order valence-corrected chi connectivity index (χ3v) is 4.40. The third-order valence-electron chi connectivity index (χ3n) is 4.40. The van der Waals surface area contributed by atoms with Crippen LogP contribution in [0, 0.1) is 50.7 Å². The van der Waals surface area contributed by atoms with Gasteiger partial charge >= 0.3 is 33.9 Å². The van der Waals surface area contributed by atoms with Crippen molar-refractivity contribution in [3.63, 3.8) is 0 Å². The maximum Gasteiger partial charge on any atom is 0 e. The smallest absolute Gasteiger partial charge is 0 e. The first kappa shape index (κ1) is 29.2. The summed E-state index contributed by atoms with van der Waals surface area (Å²) in [5, 5.41) is 4.66. The van der Waals surface area contributed by atoms with Gasteiger partial charge in [0.15, 0.2) is 0 Å². The number of rotatable bonds is 3. The zero-order chi connectivity index (χ0) is 23.1. The Kier molecular flexibility index (Phi) is 14.5. The molecule has 4 radical (unpaired) electrons. The molecule has 2 aliphatic rings. The molecule has 0 aromatic carbocycles. The van der Waals surface area contributed by atoms with Crippen molar-refractivity contribution in [3.05, 3.63) is 112 Å². The Morgan fingerprint density at radius 3 is 2.00 bits per heavy atom. The maximum atomic E-state index is 7.50. The van der Waals surface area contributed by atoms with Gasteiger partial charge in [-0.1, -0.05) is 12.1 Å². The first-order valence-electron chi connectivity index (χ1n) is 8.75. The molecule has 32 heavy (non-hydrogen) atoms. The Balaban J connectivity index is 0.00000127. The molecule has 1 aliphatic heterocycles. The van der Waals surface area contributed by atoms with Crippen molar-refractivity contribution in [3.8, 4) is 0 Å². The number of allylic oxidation sites excluding steroid dienone is 1. The van der Waals surface area contributed by atoms with E-state index >= 15 is 0 Å². The number of pyridine rings is 2. The molecule has 1 spiro atoms. The van der Waals surface area contributed by atoms with E-state index in [1.54, 1.807) is 19.5 Å². The molecule has 0 saturated heterocycles. The van der Waals surface area contributed by atoms with Crippen molar-refractivity contribution < 1.29 is 35.8 Å². The van der Waals surface area contributed by atoms with E-state index < -0.39 is 0 Å². The summed E-state index contributed by atoms with van der Waals surface area (Å²) < 4.78 is 27.8. The predicted molar refractivity (Wildman–Crippen MR) is 108 cm³/mol. The standard InChI is InChI=1S/C20H18N4O.3CO.Fe/c1-25-15-8-10-20(11-9-15)14-18(16-6-2-4-12-21-16)23-24-19(20)17-7-3-5-13-22-17;3*1-2;/h2-10,12-14,23H,11H2,1H3;;;;. The molecule has 0 amide bonds. The van der Waals surface area contributed by atoms with E-state index in [-0.39, 0.29) is 22.5 Å². The zero-order valence-corrected chi connectivity index (χ0v) is 18.1. The molecule has 9 heteroatoms. The molecule has 1 fully saturated rings. The van der Waals surface area contributed by atoms with Gasteiger partial charge in [-0.15, -0.1) is 0 Å². The molecule has 1 atom stereocenters. The van der Waals surface area contributed by atoms with E-state index in [2.05, 4.69) is 59.4 Å². The molecule has 2 aromatic heterocycles. The second-order valence-electron chi connectivity index (χ2n) is 5.95. The average Bonchev–Trinajstić information content (AvgIpc) is 2.89. The molecular formula is C23H18FeN4O4. The Labute approximate surface area is 198 Å². The first-order valence-corrected chi connectivity index (χ1v) is 8.75. The number of hydrazone groups is 1. The maximum absolute atomic E-state index is 7.50. The van der Waals surface area contributed by atoms with E-state index in [1.807, 2.05) is 42.8 Å². The first-order chi connectivity index (χ1) is 15.3. The molecule has 3 heterocycles. The van der Waals surface area contributed by atoms with E-state index in [9.17, 15) is 0 Å². The second-order valence-corrected chi connectivity index (χ2v) is 5.95. The fourth-order valence-electron chi connectivity index (χ4n) is 3.10. The number of hydrogen-bond acceptors (Lipinski definition) is 5. The van der Waals surface area contributed by atoms with Crippen LogP contribution in [0.3, 0.4) is 0 Å². The Bertz CT molecular complexity index is 905. The minimum absolute atomic E-state index is 0. The van der Waals surface area contributed by atoms with Crippen molar-refractivity contribution in [2.45, 2.75) is 6.42 Å². The molecule has 1 aliphatic carbocycles. The molecule has 4 rings (SSSR count). The summed E-state index contributed by atoms with van der Waals surface area (Å²) in [6, 6.07) is 11.7. The van der Waals surface area contributed by atoms with E-state index in [0.29, 0.717) is 0 Å². The van der Waals surface area contributed by atoms with Crippen LogP contribution in [-0.2, 0) is 35.8 Å². The monoisotopic (exact) mass is 470 g/mol. The van der Waals surface area contributed by atoms with E-state index in [0.717, 1.165) is 35.3 Å². The fourth-order valence-corrected chi connectivity index (χ4v) is 3.10. The van der Waals surface area contributed by atoms with Crippen molar-refractivity contribution in [2.75, 3.05) is 7.11 Å². The topological polar surface area (TPSA) is 119 Å². The number of aromatic nitrogens is 2. The molecule has 1 unspecified atom stereocenters. The molecule has 1 saturated carbocycles. The quantitative estimate of drug-likeness (QED) is 0.422. The largest absolute Gasteiger partial charge is 0 e. The van der Waals surface area contributed by atoms with Gasteiger partial charge in [0.05, 0.1) is 22.8 Å². The summed E-state index contributed by atoms with van der Waals surface area (Å²) in [4.78, 5) is 8.92. The van der Waals surface area contributed by atoms with Gasteiger partial charge in [0, 0.05) is 48.4 Å². The minimum atomic E-state index is -0.380. The summed E-state index contributed by atoms with van der Waals surface area (Å²) in [6.07, 6.45) is 13.5. The van der Waals surface area contributed by atoms with Gasteiger partial charge in [-0.2, -0.15) is 5.10 Å². The van der Waals surface area contributed by atoms with Gasteiger partial charge in [-0.3, -0.25) is 15.4 Å². The van der Waals surface area contributed by atoms with Crippen molar-refractivity contribution in [2.24, 2.45) is 10.5 Å². The van der Waals surface area contributed by atoms with Crippen LogP contribution in [0.15, 0.2) is 60.0 Å². The van der Waals surface area contributed by atoms with Crippen LogP contribution in [-0.4, -0.2) is 22.8 Å². The molecule has 162 valence electrons. The number of methoxy groups -OCH3 is 1. The van der Waals surface area contributed by atoms with Crippen molar-refractivity contribution in [1.29, 1.82) is 0 Å². The zero-order valence-electron chi connectivity index (χ0n) is 17.0. The summed E-state index contributed by atoms with van der Waals surface area (Å²) >= 11 is 0. The van der Waals surface area contributed by atoms with Crippen LogP contribution >= 0.6 is 0 Å². The summed E-state index contributed by atoms with van der Waals surface area (Å²) in [7, 11) is 1.68. The Hall–Kier alpha value is -2.79. The van der Waals surface area contributed by atoms with E-state index in [1.165, 1.54) is 0 Å². The molecule has 1 N–H and O–H groups in total. The van der Waals surface area contributed by atoms with Crippen LogP contribution in [0.2, 0.25) is 0 Å². The molecule has 0 bridgehead atoms. The van der Waals surface area contributed by atoms with Crippen LogP contribution in [0.4, 0.5) is 0 Å². The number of ether oxygens (including phenoxy) is 1. The van der Waals surface area contributed by atoms with Gasteiger partial charge in [-0.25, -0.2) is 0 Å². The van der Waals surface area contributed by atoms with Crippen LogP contribution in [0.1, 0.15) is 17.8 Å². The number of nitrogens with one attached hydrogen (secondary N) is 1. The summed E-state index contributed by atoms with van der Waals surface area (Å²) in [5.74, 6) is 0. The third kappa shape index (κ3) is 7.13. The average molecular weight is 470 g/mol. The Morgan fingerprint density at radius 2 is 1.53 bits per heavy atom. The van der Waals surface area contributed by atoms with Crippen LogP contribution in [0.25, 0.3) is 5.70 Å². The normalized spacial score (nSPS) is 15.7. The van der Waals surface area contributed by atoms with Crippen LogP contribution < -0.4 is 5.43 Å².